The number of amides is 1. The number of sulfonamides is 2. The van der Waals surface area contributed by atoms with Crippen molar-refractivity contribution in [1.29, 1.82) is 0 Å². The van der Waals surface area contributed by atoms with Crippen LogP contribution >= 0.6 is 0 Å². The van der Waals surface area contributed by atoms with Gasteiger partial charge in [0, 0.05) is 18.8 Å². The van der Waals surface area contributed by atoms with Crippen molar-refractivity contribution in [2.75, 3.05) is 29.3 Å². The van der Waals surface area contributed by atoms with Crippen LogP contribution in [-0.4, -0.2) is 46.7 Å². The molecule has 1 aliphatic heterocycles. The topological polar surface area (TPSA) is 104 Å². The summed E-state index contributed by atoms with van der Waals surface area (Å²) in [6, 6.07) is 21.0. The predicted molar refractivity (Wildman–Crippen MR) is 145 cm³/mol. The molecule has 1 fully saturated rings. The molecule has 1 N–H and O–H groups in total. The van der Waals surface area contributed by atoms with E-state index in [1.54, 1.807) is 30.3 Å². The van der Waals surface area contributed by atoms with E-state index in [9.17, 15) is 21.6 Å². The van der Waals surface area contributed by atoms with Gasteiger partial charge in [0.05, 0.1) is 15.5 Å². The molecule has 196 valence electrons. The van der Waals surface area contributed by atoms with E-state index >= 15 is 0 Å². The maximum atomic E-state index is 13.5. The quantitative estimate of drug-likeness (QED) is 0.432. The highest BCUT2D eigenvalue weighted by Gasteiger charge is 2.28. The fourth-order valence-corrected chi connectivity index (χ4v) is 7.14. The second kappa shape index (κ2) is 11.0. The first-order valence-electron chi connectivity index (χ1n) is 12.2. The highest BCUT2D eigenvalue weighted by molar-refractivity contribution is 7.92. The zero-order valence-electron chi connectivity index (χ0n) is 20.9. The minimum atomic E-state index is -4.02. The van der Waals surface area contributed by atoms with E-state index in [1.807, 2.05) is 26.0 Å². The fraction of sp³-hybridized carbons (Fsp3) is 0.296. The van der Waals surface area contributed by atoms with Crippen molar-refractivity contribution in [3.8, 4) is 0 Å². The molecule has 0 radical (unpaired) electrons. The first-order chi connectivity index (χ1) is 17.6. The van der Waals surface area contributed by atoms with Crippen LogP contribution < -0.4 is 9.62 Å². The van der Waals surface area contributed by atoms with E-state index in [2.05, 4.69) is 5.32 Å². The Morgan fingerprint density at radius 2 is 1.43 bits per heavy atom. The molecule has 0 aromatic heterocycles. The molecular weight excluding hydrogens is 510 g/mol. The Hall–Kier alpha value is -3.21. The number of rotatable bonds is 9. The molecule has 0 unspecified atom stereocenters. The first kappa shape index (κ1) is 26.8. The van der Waals surface area contributed by atoms with Gasteiger partial charge in [0.2, 0.25) is 15.9 Å². The summed E-state index contributed by atoms with van der Waals surface area (Å²) in [6.07, 6.45) is 1.69. The van der Waals surface area contributed by atoms with Gasteiger partial charge in [-0.25, -0.2) is 16.8 Å². The number of nitrogens with one attached hydrogen (secondary N) is 1. The molecule has 0 spiro atoms. The molecule has 1 amide bonds. The molecular formula is C27H31N3O5S2. The Bertz CT molecular complexity index is 1430. The summed E-state index contributed by atoms with van der Waals surface area (Å²) in [5, 5.41) is 2.69. The second-order valence-corrected chi connectivity index (χ2v) is 13.1. The van der Waals surface area contributed by atoms with Crippen molar-refractivity contribution in [3.63, 3.8) is 0 Å². The summed E-state index contributed by atoms with van der Waals surface area (Å²) in [5.74, 6) is -0.281. The molecule has 1 aliphatic rings. The molecule has 8 nitrogen and oxygen atoms in total. The number of hydrogen-bond donors (Lipinski definition) is 1. The molecule has 3 aromatic rings. The third-order valence-corrected chi connectivity index (χ3v) is 10.0. The minimum Gasteiger partial charge on any atom is -0.325 e. The Kier molecular flexibility index (Phi) is 8.01. The number of benzene rings is 3. The Morgan fingerprint density at radius 1 is 0.838 bits per heavy atom. The van der Waals surface area contributed by atoms with E-state index < -0.39 is 32.5 Å². The summed E-state index contributed by atoms with van der Waals surface area (Å²) in [5.41, 5.74) is 1.79. The van der Waals surface area contributed by atoms with Crippen molar-refractivity contribution in [3.05, 3.63) is 84.4 Å². The van der Waals surface area contributed by atoms with Crippen molar-refractivity contribution in [2.24, 2.45) is 0 Å². The largest absolute Gasteiger partial charge is 0.325 e. The van der Waals surface area contributed by atoms with Gasteiger partial charge in [0.15, 0.2) is 0 Å². The molecule has 0 aliphatic carbocycles. The van der Waals surface area contributed by atoms with Crippen LogP contribution in [0.2, 0.25) is 0 Å². The van der Waals surface area contributed by atoms with E-state index in [4.69, 9.17) is 0 Å². The number of nitrogens with zero attached hydrogens (tertiary/aromatic N) is 2. The van der Waals surface area contributed by atoms with Crippen LogP contribution in [0.1, 0.15) is 38.2 Å². The maximum absolute atomic E-state index is 13.5. The van der Waals surface area contributed by atoms with Crippen LogP contribution in [0.4, 0.5) is 11.4 Å². The monoisotopic (exact) mass is 541 g/mol. The summed E-state index contributed by atoms with van der Waals surface area (Å²) < 4.78 is 55.0. The van der Waals surface area contributed by atoms with Gasteiger partial charge in [-0.2, -0.15) is 4.31 Å². The van der Waals surface area contributed by atoms with E-state index in [-0.39, 0.29) is 15.7 Å². The van der Waals surface area contributed by atoms with Gasteiger partial charge in [0.1, 0.15) is 6.54 Å². The lowest BCUT2D eigenvalue weighted by Crippen LogP contribution is -2.38. The predicted octanol–water partition coefficient (Wildman–Crippen LogP) is 4.43. The SMILES string of the molecule is CC(C)c1ccc(N(CC(=O)Nc2ccc(S(=O)(=O)N3CCCC3)cc2)S(=O)(=O)c2ccccc2)cc1. The number of carbonyl (C=O) groups excluding carboxylic acids is 1. The minimum absolute atomic E-state index is 0.0761. The second-order valence-electron chi connectivity index (χ2n) is 9.25. The average molecular weight is 542 g/mol. The average Bonchev–Trinajstić information content (AvgIpc) is 3.44. The third kappa shape index (κ3) is 6.03. The molecule has 3 aromatic carbocycles. The first-order valence-corrected chi connectivity index (χ1v) is 15.0. The van der Waals surface area contributed by atoms with Gasteiger partial charge in [-0.05, 0) is 72.9 Å². The summed E-state index contributed by atoms with van der Waals surface area (Å²) >= 11 is 0. The molecule has 1 saturated heterocycles. The Morgan fingerprint density at radius 3 is 2.00 bits per heavy atom. The fourth-order valence-electron chi connectivity index (χ4n) is 4.18. The number of carbonyl (C=O) groups is 1. The molecule has 0 atom stereocenters. The Balaban J connectivity index is 1.55. The van der Waals surface area contributed by atoms with Crippen molar-refractivity contribution >= 4 is 37.3 Å². The number of hydrogen-bond acceptors (Lipinski definition) is 5. The normalized spacial score (nSPS) is 14.6. The van der Waals surface area contributed by atoms with E-state index in [0.717, 1.165) is 22.7 Å². The van der Waals surface area contributed by atoms with Crippen LogP contribution in [-0.2, 0) is 24.8 Å². The molecule has 4 rings (SSSR count). The van der Waals surface area contributed by atoms with Crippen molar-refractivity contribution in [1.82, 2.24) is 4.31 Å². The number of anilines is 2. The van der Waals surface area contributed by atoms with Crippen molar-refractivity contribution < 1.29 is 21.6 Å². The van der Waals surface area contributed by atoms with Gasteiger partial charge in [0.25, 0.3) is 10.0 Å². The Labute approximate surface area is 219 Å². The lowest BCUT2D eigenvalue weighted by molar-refractivity contribution is -0.114. The molecule has 0 saturated carbocycles. The van der Waals surface area contributed by atoms with Crippen LogP contribution in [0.25, 0.3) is 0 Å². The summed E-state index contributed by atoms with van der Waals surface area (Å²) in [6.45, 7) is 4.65. The van der Waals surface area contributed by atoms with Crippen LogP contribution in [0.5, 0.6) is 0 Å². The van der Waals surface area contributed by atoms with Crippen LogP contribution in [0, 0.1) is 0 Å². The molecule has 0 bridgehead atoms. The summed E-state index contributed by atoms with van der Waals surface area (Å²) in [4.78, 5) is 13.2. The van der Waals surface area contributed by atoms with Gasteiger partial charge in [-0.1, -0.05) is 44.2 Å². The van der Waals surface area contributed by atoms with Gasteiger partial charge in [-0.3, -0.25) is 9.10 Å². The van der Waals surface area contributed by atoms with Gasteiger partial charge >= 0.3 is 0 Å². The molecule has 37 heavy (non-hydrogen) atoms. The van der Waals surface area contributed by atoms with Gasteiger partial charge in [-0.15, -0.1) is 0 Å². The van der Waals surface area contributed by atoms with Crippen LogP contribution in [0.15, 0.2) is 88.7 Å². The zero-order valence-corrected chi connectivity index (χ0v) is 22.5. The highest BCUT2D eigenvalue weighted by atomic mass is 32.2. The standard InChI is InChI=1S/C27H31N3O5S2/c1-21(2)22-10-14-24(15-11-22)30(37(34,35)25-8-4-3-5-9-25)20-27(31)28-23-12-16-26(17-13-23)36(32,33)29-18-6-7-19-29/h3-5,8-17,21H,6-7,18-20H2,1-2H3,(H,28,31). The highest BCUT2D eigenvalue weighted by Crippen LogP contribution is 2.26. The van der Waals surface area contributed by atoms with Crippen molar-refractivity contribution in [2.45, 2.75) is 42.4 Å². The summed E-state index contributed by atoms with van der Waals surface area (Å²) in [7, 11) is -7.59. The van der Waals surface area contributed by atoms with E-state index in [1.165, 1.54) is 40.7 Å². The lowest BCUT2D eigenvalue weighted by atomic mass is 10.0. The lowest BCUT2D eigenvalue weighted by Gasteiger charge is -2.24. The molecule has 10 heteroatoms. The zero-order chi connectivity index (χ0) is 26.6. The molecule has 1 heterocycles. The maximum Gasteiger partial charge on any atom is 0.264 e. The smallest absolute Gasteiger partial charge is 0.264 e. The van der Waals surface area contributed by atoms with Gasteiger partial charge < -0.3 is 5.32 Å². The third-order valence-electron chi connectivity index (χ3n) is 6.31. The van der Waals surface area contributed by atoms with E-state index in [0.29, 0.717) is 24.5 Å². The van der Waals surface area contributed by atoms with Crippen LogP contribution in [0.3, 0.4) is 0 Å².